The highest BCUT2D eigenvalue weighted by Gasteiger charge is 2.08. The third-order valence-corrected chi connectivity index (χ3v) is 2.77. The Kier molecular flexibility index (Phi) is 3.76. The van der Waals surface area contributed by atoms with Crippen molar-refractivity contribution in [3.05, 3.63) is 30.0 Å². The minimum atomic E-state index is -0.325. The van der Waals surface area contributed by atoms with Crippen LogP contribution in [0.5, 0.6) is 0 Å². The molecule has 92 valence electrons. The Morgan fingerprint density at radius 2 is 2.18 bits per heavy atom. The van der Waals surface area contributed by atoms with Gasteiger partial charge in [-0.3, -0.25) is 4.68 Å². The van der Waals surface area contributed by atoms with Crippen LogP contribution in [0, 0.1) is 0 Å². The summed E-state index contributed by atoms with van der Waals surface area (Å²) >= 11 is 0. The molecule has 0 spiro atoms. The van der Waals surface area contributed by atoms with E-state index < -0.39 is 0 Å². The smallest absolute Gasteiger partial charge is 0.0841 e. The van der Waals surface area contributed by atoms with E-state index in [1.54, 1.807) is 6.92 Å². The van der Waals surface area contributed by atoms with Crippen LogP contribution in [0.3, 0.4) is 0 Å². The fourth-order valence-electron chi connectivity index (χ4n) is 1.97. The van der Waals surface area contributed by atoms with E-state index in [9.17, 15) is 5.11 Å². The Hall–Kier alpha value is -1.39. The summed E-state index contributed by atoms with van der Waals surface area (Å²) in [6.07, 6.45) is -0.325. The molecule has 0 saturated heterocycles. The number of para-hydroxylation sites is 1. The van der Waals surface area contributed by atoms with Crippen LogP contribution in [0.2, 0.25) is 0 Å². The molecule has 0 fully saturated rings. The largest absolute Gasteiger partial charge is 0.392 e. The number of hydrogen-bond donors (Lipinski definition) is 2. The number of benzene rings is 1. The molecule has 1 aromatic carbocycles. The lowest BCUT2D eigenvalue weighted by Gasteiger charge is -2.04. The number of fused-ring (bicyclic) bond motifs is 1. The van der Waals surface area contributed by atoms with Crippen LogP contribution in [-0.4, -0.2) is 27.5 Å². The number of aliphatic hydroxyl groups excluding tert-OH is 1. The summed E-state index contributed by atoms with van der Waals surface area (Å²) < 4.78 is 2.01. The maximum atomic E-state index is 9.21. The second-order valence-corrected chi connectivity index (χ2v) is 4.26. The van der Waals surface area contributed by atoms with Crippen molar-refractivity contribution in [3.63, 3.8) is 0 Å². The van der Waals surface area contributed by atoms with Gasteiger partial charge in [0.1, 0.15) is 0 Å². The Bertz CT molecular complexity index is 490. The van der Waals surface area contributed by atoms with E-state index in [0.717, 1.165) is 12.2 Å². The summed E-state index contributed by atoms with van der Waals surface area (Å²) in [4.78, 5) is 0. The van der Waals surface area contributed by atoms with Gasteiger partial charge < -0.3 is 10.4 Å². The van der Waals surface area contributed by atoms with Crippen LogP contribution in [0.1, 0.15) is 19.5 Å². The number of nitrogens with one attached hydrogen (secondary N) is 1. The first kappa shape index (κ1) is 12.1. The molecular formula is C13H19N3O. The summed E-state index contributed by atoms with van der Waals surface area (Å²) in [5.74, 6) is 0. The first-order valence-electron chi connectivity index (χ1n) is 6.05. The lowest BCUT2D eigenvalue weighted by Crippen LogP contribution is -2.24. The van der Waals surface area contributed by atoms with E-state index >= 15 is 0 Å². The first-order valence-corrected chi connectivity index (χ1v) is 6.05. The zero-order chi connectivity index (χ0) is 12.3. The number of aryl methyl sites for hydroxylation is 1. The molecule has 0 bridgehead atoms. The van der Waals surface area contributed by atoms with E-state index in [1.807, 2.05) is 16.8 Å². The van der Waals surface area contributed by atoms with Crippen LogP contribution >= 0.6 is 0 Å². The normalized spacial score (nSPS) is 13.1. The van der Waals surface area contributed by atoms with E-state index in [2.05, 4.69) is 29.5 Å². The minimum Gasteiger partial charge on any atom is -0.392 e. The highest BCUT2D eigenvalue weighted by atomic mass is 16.3. The molecule has 1 heterocycles. The van der Waals surface area contributed by atoms with E-state index in [4.69, 9.17) is 0 Å². The van der Waals surface area contributed by atoms with Gasteiger partial charge in [-0.25, -0.2) is 0 Å². The topological polar surface area (TPSA) is 50.1 Å². The van der Waals surface area contributed by atoms with Crippen LogP contribution in [0.15, 0.2) is 24.3 Å². The summed E-state index contributed by atoms with van der Waals surface area (Å²) in [5.41, 5.74) is 2.21. The van der Waals surface area contributed by atoms with Crippen LogP contribution in [0.4, 0.5) is 0 Å². The van der Waals surface area contributed by atoms with E-state index in [1.165, 1.54) is 10.9 Å². The summed E-state index contributed by atoms with van der Waals surface area (Å²) in [5, 5.41) is 18.2. The first-order chi connectivity index (χ1) is 8.22. The molecular weight excluding hydrogens is 214 g/mol. The minimum absolute atomic E-state index is 0.325. The molecule has 2 N–H and O–H groups in total. The molecule has 4 heteroatoms. The SMILES string of the molecule is CCn1nc(CNCC(C)O)c2ccccc21. The quantitative estimate of drug-likeness (QED) is 0.823. The Morgan fingerprint density at radius 1 is 1.41 bits per heavy atom. The van der Waals surface area contributed by atoms with Crippen molar-refractivity contribution in [3.8, 4) is 0 Å². The zero-order valence-electron chi connectivity index (χ0n) is 10.3. The molecule has 0 aliphatic carbocycles. The number of aromatic nitrogens is 2. The van der Waals surface area contributed by atoms with Gasteiger partial charge in [0.05, 0.1) is 17.3 Å². The third-order valence-electron chi connectivity index (χ3n) is 2.77. The van der Waals surface area contributed by atoms with Crippen molar-refractivity contribution in [2.75, 3.05) is 6.54 Å². The lowest BCUT2D eigenvalue weighted by molar-refractivity contribution is 0.191. The molecule has 0 amide bonds. The highest BCUT2D eigenvalue weighted by molar-refractivity contribution is 5.81. The standard InChI is InChI=1S/C13H19N3O/c1-3-16-13-7-5-4-6-11(13)12(15-16)9-14-8-10(2)17/h4-7,10,14,17H,3,8-9H2,1-2H3. The predicted molar refractivity (Wildman–Crippen MR) is 68.8 cm³/mol. The Labute approximate surface area is 101 Å². The second kappa shape index (κ2) is 5.29. The lowest BCUT2D eigenvalue weighted by atomic mass is 10.2. The van der Waals surface area contributed by atoms with Crippen molar-refractivity contribution in [1.29, 1.82) is 0 Å². The van der Waals surface area contributed by atoms with Crippen molar-refractivity contribution in [2.45, 2.75) is 33.0 Å². The Morgan fingerprint density at radius 3 is 2.88 bits per heavy atom. The van der Waals surface area contributed by atoms with Gasteiger partial charge in [0, 0.05) is 25.0 Å². The number of aliphatic hydroxyl groups is 1. The second-order valence-electron chi connectivity index (χ2n) is 4.26. The molecule has 4 nitrogen and oxygen atoms in total. The summed E-state index contributed by atoms with van der Waals surface area (Å²) in [6, 6.07) is 8.24. The van der Waals surface area contributed by atoms with Gasteiger partial charge in [-0.1, -0.05) is 18.2 Å². The van der Waals surface area contributed by atoms with Gasteiger partial charge in [-0.05, 0) is 19.9 Å². The Balaban J connectivity index is 2.22. The average Bonchev–Trinajstić information content (AvgIpc) is 2.68. The summed E-state index contributed by atoms with van der Waals surface area (Å²) in [6.45, 7) is 6.02. The fourth-order valence-corrected chi connectivity index (χ4v) is 1.97. The van der Waals surface area contributed by atoms with Gasteiger partial charge in [0.15, 0.2) is 0 Å². The highest BCUT2D eigenvalue weighted by Crippen LogP contribution is 2.18. The van der Waals surface area contributed by atoms with Crippen molar-refractivity contribution >= 4 is 10.9 Å². The fraction of sp³-hybridized carbons (Fsp3) is 0.462. The molecule has 2 aromatic rings. The number of rotatable bonds is 5. The predicted octanol–water partition coefficient (Wildman–Crippen LogP) is 1.53. The molecule has 0 aliphatic heterocycles. The van der Waals surface area contributed by atoms with E-state index in [0.29, 0.717) is 13.1 Å². The molecule has 1 aromatic heterocycles. The average molecular weight is 233 g/mol. The maximum absolute atomic E-state index is 9.21. The van der Waals surface area contributed by atoms with Crippen LogP contribution in [0.25, 0.3) is 10.9 Å². The molecule has 0 radical (unpaired) electrons. The molecule has 0 saturated carbocycles. The molecule has 17 heavy (non-hydrogen) atoms. The van der Waals surface area contributed by atoms with Crippen LogP contribution < -0.4 is 5.32 Å². The summed E-state index contributed by atoms with van der Waals surface area (Å²) in [7, 11) is 0. The van der Waals surface area contributed by atoms with Crippen molar-refractivity contribution in [1.82, 2.24) is 15.1 Å². The number of hydrogen-bond acceptors (Lipinski definition) is 3. The van der Waals surface area contributed by atoms with Crippen molar-refractivity contribution < 1.29 is 5.11 Å². The zero-order valence-corrected chi connectivity index (χ0v) is 10.3. The van der Waals surface area contributed by atoms with Gasteiger partial charge >= 0.3 is 0 Å². The van der Waals surface area contributed by atoms with Crippen LogP contribution in [-0.2, 0) is 13.1 Å². The molecule has 1 unspecified atom stereocenters. The molecule has 2 rings (SSSR count). The van der Waals surface area contributed by atoms with Gasteiger partial charge in [0.25, 0.3) is 0 Å². The van der Waals surface area contributed by atoms with Gasteiger partial charge in [-0.2, -0.15) is 5.10 Å². The van der Waals surface area contributed by atoms with E-state index in [-0.39, 0.29) is 6.10 Å². The number of nitrogens with zero attached hydrogens (tertiary/aromatic N) is 2. The molecule has 1 atom stereocenters. The molecule has 0 aliphatic rings. The third kappa shape index (κ3) is 2.65. The van der Waals surface area contributed by atoms with Gasteiger partial charge in [-0.15, -0.1) is 0 Å². The van der Waals surface area contributed by atoms with Crippen molar-refractivity contribution in [2.24, 2.45) is 0 Å². The monoisotopic (exact) mass is 233 g/mol. The van der Waals surface area contributed by atoms with Gasteiger partial charge in [0.2, 0.25) is 0 Å². The maximum Gasteiger partial charge on any atom is 0.0841 e.